The maximum Gasteiger partial charge on any atom is 0.262 e. The fourth-order valence-electron chi connectivity index (χ4n) is 4.63. The average molecular weight is 504 g/mol. The number of fused-ring (bicyclic) bond motifs is 1. The molecule has 2 aliphatic rings. The van der Waals surface area contributed by atoms with Crippen molar-refractivity contribution in [2.24, 2.45) is 7.05 Å². The lowest BCUT2D eigenvalue weighted by atomic mass is 9.98. The van der Waals surface area contributed by atoms with Crippen LogP contribution in [0.5, 0.6) is 5.75 Å². The van der Waals surface area contributed by atoms with Crippen molar-refractivity contribution in [3.05, 3.63) is 41.3 Å². The van der Waals surface area contributed by atoms with Crippen LogP contribution in [0, 0.1) is 6.92 Å². The van der Waals surface area contributed by atoms with E-state index in [0.29, 0.717) is 31.8 Å². The van der Waals surface area contributed by atoms with Gasteiger partial charge in [-0.05, 0) is 52.2 Å². The van der Waals surface area contributed by atoms with E-state index in [1.54, 1.807) is 18.5 Å². The molecule has 0 aliphatic carbocycles. The molecule has 1 amide bonds. The number of rotatable bonds is 7. The van der Waals surface area contributed by atoms with Gasteiger partial charge in [-0.2, -0.15) is 4.31 Å². The molecule has 35 heavy (non-hydrogen) atoms. The van der Waals surface area contributed by atoms with Crippen molar-refractivity contribution < 1.29 is 17.9 Å². The molecule has 3 heterocycles. The highest BCUT2D eigenvalue weighted by molar-refractivity contribution is 7.89. The number of aromatic nitrogens is 2. The molecule has 0 spiro atoms. The smallest absolute Gasteiger partial charge is 0.262 e. The van der Waals surface area contributed by atoms with Gasteiger partial charge in [-0.15, -0.1) is 0 Å². The lowest BCUT2D eigenvalue weighted by Gasteiger charge is -2.29. The van der Waals surface area contributed by atoms with Crippen LogP contribution in [0.4, 0.5) is 0 Å². The topological polar surface area (TPSA) is 106 Å². The Morgan fingerprint density at radius 2 is 2.03 bits per heavy atom. The number of aryl methyl sites for hydroxylation is 2. The first-order valence-electron chi connectivity index (χ1n) is 12.3. The van der Waals surface area contributed by atoms with E-state index < -0.39 is 10.0 Å². The van der Waals surface area contributed by atoms with Crippen LogP contribution in [0.15, 0.2) is 29.4 Å². The Labute approximate surface area is 208 Å². The molecule has 0 bridgehead atoms. The van der Waals surface area contributed by atoms with E-state index in [4.69, 9.17) is 4.74 Å². The van der Waals surface area contributed by atoms with Crippen molar-refractivity contribution >= 4 is 15.9 Å². The number of amides is 1. The van der Waals surface area contributed by atoms with Crippen molar-refractivity contribution in [1.82, 2.24) is 24.5 Å². The molecule has 2 aliphatic heterocycles. The molecule has 9 nitrogen and oxygen atoms in total. The van der Waals surface area contributed by atoms with Crippen LogP contribution in [-0.2, 0) is 28.4 Å². The molecule has 0 saturated carbocycles. The molecule has 1 saturated heterocycles. The maximum absolute atomic E-state index is 13.2. The Morgan fingerprint density at radius 1 is 1.26 bits per heavy atom. The van der Waals surface area contributed by atoms with E-state index in [9.17, 15) is 13.2 Å². The normalized spacial score (nSPS) is 20.9. The number of nitrogens with one attached hydrogen (secondary N) is 2. The third-order valence-corrected chi connectivity index (χ3v) is 8.50. The van der Waals surface area contributed by atoms with Crippen LogP contribution in [0.3, 0.4) is 0 Å². The minimum atomic E-state index is -3.74. The molecule has 2 atom stereocenters. The Hall–Kier alpha value is -2.43. The lowest BCUT2D eigenvalue weighted by Crippen LogP contribution is -2.40. The van der Waals surface area contributed by atoms with Crippen LogP contribution in [0.2, 0.25) is 0 Å². The van der Waals surface area contributed by atoms with Gasteiger partial charge in [0, 0.05) is 56.3 Å². The quantitative estimate of drug-likeness (QED) is 0.602. The van der Waals surface area contributed by atoms with Crippen LogP contribution in [0.25, 0.3) is 0 Å². The van der Waals surface area contributed by atoms with Crippen LogP contribution in [-0.4, -0.2) is 52.9 Å². The van der Waals surface area contributed by atoms with E-state index in [-0.39, 0.29) is 35.0 Å². The highest BCUT2D eigenvalue weighted by atomic mass is 32.2. The minimum Gasteiger partial charge on any atom is -0.493 e. The summed E-state index contributed by atoms with van der Waals surface area (Å²) in [4.78, 5) is 17.2. The molecule has 1 aromatic carbocycles. The third kappa shape index (κ3) is 5.87. The summed E-state index contributed by atoms with van der Waals surface area (Å²) in [6, 6.07) is 5.60. The van der Waals surface area contributed by atoms with Crippen molar-refractivity contribution in [3.8, 4) is 5.75 Å². The molecular formula is C25H37N5O4S. The van der Waals surface area contributed by atoms with Crippen LogP contribution in [0.1, 0.15) is 69.4 Å². The number of carbonyl (C=O) groups excluding carboxylic acids is 1. The van der Waals surface area contributed by atoms with Crippen molar-refractivity contribution in [2.45, 2.75) is 82.6 Å². The summed E-state index contributed by atoms with van der Waals surface area (Å²) in [5, 5.41) is 6.64. The standard InChI is InChI=1S/C25H37N5O4S/c1-17-27-24(16-29(17)5)35(32,33)30-11-6-7-19(30)14-23(31)28-21-10-12-34-22-13-18(8-9-20(21)22)15-26-25(2,3)4/h8-9,13,16,19,21,26H,6-7,10-12,14-15H2,1-5H3,(H,28,31)/t19-,21+/m0/s1. The van der Waals surface area contributed by atoms with Crippen molar-refractivity contribution in [3.63, 3.8) is 0 Å². The van der Waals surface area contributed by atoms with Gasteiger partial charge < -0.3 is 19.9 Å². The number of hydrogen-bond donors (Lipinski definition) is 2. The number of ether oxygens (including phenoxy) is 1. The number of benzene rings is 1. The first kappa shape index (κ1) is 25.7. The third-order valence-electron chi connectivity index (χ3n) is 6.68. The summed E-state index contributed by atoms with van der Waals surface area (Å²) < 4.78 is 35.4. The molecule has 4 rings (SSSR count). The van der Waals surface area contributed by atoms with Crippen LogP contribution >= 0.6 is 0 Å². The molecule has 10 heteroatoms. The monoisotopic (exact) mass is 503 g/mol. The van der Waals surface area contributed by atoms with Gasteiger partial charge in [0.15, 0.2) is 5.03 Å². The summed E-state index contributed by atoms with van der Waals surface area (Å²) >= 11 is 0. The Kier molecular flexibility index (Phi) is 7.26. The van der Waals surface area contributed by atoms with E-state index >= 15 is 0 Å². The van der Waals surface area contributed by atoms with E-state index in [0.717, 1.165) is 29.8 Å². The first-order chi connectivity index (χ1) is 16.4. The van der Waals surface area contributed by atoms with Gasteiger partial charge in [-0.25, -0.2) is 13.4 Å². The first-order valence-corrected chi connectivity index (χ1v) is 13.7. The highest BCUT2D eigenvalue weighted by Crippen LogP contribution is 2.34. The van der Waals surface area contributed by atoms with Crippen molar-refractivity contribution in [1.29, 1.82) is 0 Å². The van der Waals surface area contributed by atoms with E-state index in [1.807, 2.05) is 12.1 Å². The maximum atomic E-state index is 13.2. The second kappa shape index (κ2) is 9.91. The molecular weight excluding hydrogens is 466 g/mol. The zero-order chi connectivity index (χ0) is 25.4. The summed E-state index contributed by atoms with van der Waals surface area (Å²) in [7, 11) is -1.97. The summed E-state index contributed by atoms with van der Waals surface area (Å²) in [5.41, 5.74) is 2.11. The minimum absolute atomic E-state index is 0.0181. The molecule has 2 aromatic rings. The van der Waals surface area contributed by atoms with Gasteiger partial charge in [0.25, 0.3) is 10.0 Å². The predicted molar refractivity (Wildman–Crippen MR) is 134 cm³/mol. The van der Waals surface area contributed by atoms with Gasteiger partial charge >= 0.3 is 0 Å². The Morgan fingerprint density at radius 3 is 2.71 bits per heavy atom. The molecule has 2 N–H and O–H groups in total. The number of sulfonamides is 1. The fraction of sp³-hybridized carbons (Fsp3) is 0.600. The fourth-order valence-corrected chi connectivity index (χ4v) is 6.35. The number of nitrogens with zero attached hydrogens (tertiary/aromatic N) is 3. The SMILES string of the molecule is Cc1nc(S(=O)(=O)N2CCC[C@H]2CC(=O)N[C@@H]2CCOc3cc(CNC(C)(C)C)ccc32)cn1C. The molecule has 1 aromatic heterocycles. The Balaban J connectivity index is 1.41. The molecule has 0 radical (unpaired) electrons. The van der Waals surface area contributed by atoms with Gasteiger partial charge in [0.2, 0.25) is 5.91 Å². The number of carbonyl (C=O) groups is 1. The lowest BCUT2D eigenvalue weighted by molar-refractivity contribution is -0.122. The number of hydrogen-bond acceptors (Lipinski definition) is 6. The zero-order valence-electron chi connectivity index (χ0n) is 21.3. The largest absolute Gasteiger partial charge is 0.493 e. The van der Waals surface area contributed by atoms with Crippen LogP contribution < -0.4 is 15.4 Å². The second-order valence-corrected chi connectivity index (χ2v) is 12.4. The summed E-state index contributed by atoms with van der Waals surface area (Å²) in [6.45, 7) is 9.81. The highest BCUT2D eigenvalue weighted by Gasteiger charge is 2.38. The van der Waals surface area contributed by atoms with E-state index in [1.165, 1.54) is 10.5 Å². The zero-order valence-corrected chi connectivity index (χ0v) is 22.1. The summed E-state index contributed by atoms with van der Waals surface area (Å²) in [5.74, 6) is 1.28. The van der Waals surface area contributed by atoms with E-state index in [2.05, 4.69) is 42.5 Å². The van der Waals surface area contributed by atoms with Gasteiger partial charge in [0.05, 0.1) is 12.6 Å². The molecule has 192 valence electrons. The van der Waals surface area contributed by atoms with Gasteiger partial charge in [0.1, 0.15) is 11.6 Å². The predicted octanol–water partition coefficient (Wildman–Crippen LogP) is 2.80. The summed E-state index contributed by atoms with van der Waals surface area (Å²) in [6.07, 6.45) is 3.73. The van der Waals surface area contributed by atoms with Gasteiger partial charge in [-0.3, -0.25) is 4.79 Å². The molecule has 0 unspecified atom stereocenters. The van der Waals surface area contributed by atoms with Gasteiger partial charge in [-0.1, -0.05) is 12.1 Å². The average Bonchev–Trinajstić information content (AvgIpc) is 3.39. The van der Waals surface area contributed by atoms with Crippen molar-refractivity contribution in [2.75, 3.05) is 13.2 Å². The molecule has 1 fully saturated rings. The Bertz CT molecular complexity index is 1170. The number of imidazole rings is 1. The second-order valence-electron chi connectivity index (χ2n) is 10.6.